The molecule has 0 heterocycles. The molecule has 0 radical (unpaired) electrons. The molecule has 0 bridgehead atoms. The van der Waals surface area contributed by atoms with Gasteiger partial charge in [0.15, 0.2) is 0 Å². The van der Waals surface area contributed by atoms with Crippen molar-refractivity contribution in [3.05, 3.63) is 179 Å². The molecule has 0 N–H and O–H groups in total. The lowest BCUT2D eigenvalue weighted by atomic mass is 9.89. The van der Waals surface area contributed by atoms with Gasteiger partial charge in [-0.15, -0.1) is 0 Å². The van der Waals surface area contributed by atoms with E-state index in [1.54, 1.807) is 0 Å². The van der Waals surface area contributed by atoms with E-state index in [2.05, 4.69) is 146 Å². The first-order valence-corrected chi connectivity index (χ1v) is 12.8. The first-order chi connectivity index (χ1) is 18.4. The van der Waals surface area contributed by atoms with Gasteiger partial charge in [-0.2, -0.15) is 0 Å². The van der Waals surface area contributed by atoms with Crippen molar-refractivity contribution in [2.75, 3.05) is 0 Å². The van der Waals surface area contributed by atoms with Crippen LogP contribution in [0.4, 0.5) is 0 Å². The molecule has 0 atom stereocenters. The molecule has 5 aromatic rings. The monoisotopic (exact) mass is 476 g/mol. The molecule has 1 heteroatoms. The molecule has 6 rings (SSSR count). The lowest BCUT2D eigenvalue weighted by Crippen LogP contribution is -2.15. The number of hydrogen-bond acceptors (Lipinski definition) is 1. The Kier molecular flexibility index (Phi) is 6.62. The maximum Gasteiger partial charge on any atom is 0.110 e. The Balaban J connectivity index is 1.64. The molecule has 1 nitrogen and oxygen atoms in total. The fourth-order valence-corrected chi connectivity index (χ4v) is 5.23. The number of hydrogen-bond donors (Lipinski definition) is 0. The minimum absolute atomic E-state index is 0.226. The highest BCUT2D eigenvalue weighted by Gasteiger charge is 2.37. The predicted octanol–water partition coefficient (Wildman–Crippen LogP) is 8.81. The zero-order chi connectivity index (χ0) is 24.9. The van der Waals surface area contributed by atoms with E-state index in [1.165, 1.54) is 44.5 Å². The quantitative estimate of drug-likeness (QED) is 0.228. The average molecular weight is 477 g/mol. The van der Waals surface area contributed by atoms with Gasteiger partial charge in [0.25, 0.3) is 0 Å². The molecule has 0 amide bonds. The summed E-state index contributed by atoms with van der Waals surface area (Å²) in [5.41, 5.74) is 10.8. The minimum atomic E-state index is -0.226. The second-order valence-corrected chi connectivity index (χ2v) is 9.22. The van der Waals surface area contributed by atoms with Crippen molar-refractivity contribution in [1.29, 1.82) is 0 Å². The molecule has 0 saturated heterocycles. The second-order valence-electron chi connectivity index (χ2n) is 9.22. The van der Waals surface area contributed by atoms with Crippen LogP contribution in [0.1, 0.15) is 27.8 Å². The topological polar surface area (TPSA) is 9.23 Å². The Labute approximate surface area is 219 Å². The average Bonchev–Trinajstić information content (AvgIpc) is 3.33. The van der Waals surface area contributed by atoms with E-state index in [0.717, 1.165) is 5.56 Å². The summed E-state index contributed by atoms with van der Waals surface area (Å²) in [7, 11) is 0. The van der Waals surface area contributed by atoms with Gasteiger partial charge in [-0.3, -0.25) is 0 Å². The summed E-state index contributed by atoms with van der Waals surface area (Å²) in [4.78, 5) is 0. The Hall–Kier alpha value is -4.46. The fourth-order valence-electron chi connectivity index (χ4n) is 5.23. The smallest absolute Gasteiger partial charge is 0.110 e. The van der Waals surface area contributed by atoms with Crippen LogP contribution in [0.2, 0.25) is 0 Å². The molecule has 1 aliphatic rings. The van der Waals surface area contributed by atoms with Crippen LogP contribution in [0.15, 0.2) is 152 Å². The SMILES string of the molecule is c1ccc(COC2C(c3ccccc3)=C(c3ccccc3)C(c3ccccc3)=C2c2ccccc2)cc1. The highest BCUT2D eigenvalue weighted by atomic mass is 16.5. The molecular weight excluding hydrogens is 448 g/mol. The summed E-state index contributed by atoms with van der Waals surface area (Å²) >= 11 is 0. The summed E-state index contributed by atoms with van der Waals surface area (Å²) in [6, 6.07) is 53.3. The molecule has 0 aromatic heterocycles. The zero-order valence-electron chi connectivity index (χ0n) is 20.6. The molecule has 0 unspecified atom stereocenters. The molecule has 0 fully saturated rings. The van der Waals surface area contributed by atoms with Crippen molar-refractivity contribution >= 4 is 22.3 Å². The highest BCUT2D eigenvalue weighted by Crippen LogP contribution is 2.52. The van der Waals surface area contributed by atoms with E-state index in [-0.39, 0.29) is 6.10 Å². The Bertz CT molecular complexity index is 1420. The summed E-state index contributed by atoms with van der Waals surface area (Å²) in [6.45, 7) is 0.530. The lowest BCUT2D eigenvalue weighted by molar-refractivity contribution is 0.114. The Morgan fingerprint density at radius 1 is 0.378 bits per heavy atom. The first kappa shape index (κ1) is 23.0. The first-order valence-electron chi connectivity index (χ1n) is 12.8. The summed E-state index contributed by atoms with van der Waals surface area (Å²) in [6.07, 6.45) is -0.226. The fraction of sp³-hybridized carbons (Fsp3) is 0.0556. The van der Waals surface area contributed by atoms with Gasteiger partial charge in [0, 0.05) is 11.1 Å². The molecule has 37 heavy (non-hydrogen) atoms. The number of allylic oxidation sites excluding steroid dienone is 2. The third kappa shape index (κ3) is 4.70. The van der Waals surface area contributed by atoms with Crippen molar-refractivity contribution in [3.8, 4) is 0 Å². The molecule has 0 aliphatic heterocycles. The maximum absolute atomic E-state index is 6.91. The Morgan fingerprint density at radius 3 is 1.08 bits per heavy atom. The van der Waals surface area contributed by atoms with Crippen molar-refractivity contribution in [2.24, 2.45) is 0 Å². The molecule has 0 saturated carbocycles. The largest absolute Gasteiger partial charge is 0.364 e. The number of rotatable bonds is 7. The maximum atomic E-state index is 6.91. The van der Waals surface area contributed by atoms with Crippen molar-refractivity contribution in [3.63, 3.8) is 0 Å². The lowest BCUT2D eigenvalue weighted by Gasteiger charge is -2.22. The van der Waals surface area contributed by atoms with E-state index >= 15 is 0 Å². The summed E-state index contributed by atoms with van der Waals surface area (Å²) in [5.74, 6) is 0. The summed E-state index contributed by atoms with van der Waals surface area (Å²) in [5, 5.41) is 0. The van der Waals surface area contributed by atoms with E-state index in [1.807, 2.05) is 6.07 Å². The molecule has 1 aliphatic carbocycles. The van der Waals surface area contributed by atoms with Crippen molar-refractivity contribution in [1.82, 2.24) is 0 Å². The predicted molar refractivity (Wildman–Crippen MR) is 154 cm³/mol. The van der Waals surface area contributed by atoms with Gasteiger partial charge in [0.1, 0.15) is 6.10 Å². The van der Waals surface area contributed by atoms with Gasteiger partial charge in [-0.25, -0.2) is 0 Å². The zero-order valence-corrected chi connectivity index (χ0v) is 20.6. The van der Waals surface area contributed by atoms with E-state index in [9.17, 15) is 0 Å². The van der Waals surface area contributed by atoms with Crippen LogP contribution in [-0.2, 0) is 11.3 Å². The normalized spacial score (nSPS) is 13.8. The van der Waals surface area contributed by atoms with Crippen molar-refractivity contribution in [2.45, 2.75) is 12.7 Å². The third-order valence-corrected chi connectivity index (χ3v) is 6.87. The molecule has 178 valence electrons. The van der Waals surface area contributed by atoms with Gasteiger partial charge in [-0.05, 0) is 39.0 Å². The van der Waals surface area contributed by atoms with Gasteiger partial charge in [0.2, 0.25) is 0 Å². The van der Waals surface area contributed by atoms with Crippen LogP contribution in [0.25, 0.3) is 22.3 Å². The molecular formula is C36H28O. The van der Waals surface area contributed by atoms with Gasteiger partial charge in [-0.1, -0.05) is 152 Å². The van der Waals surface area contributed by atoms with Crippen LogP contribution in [0, 0.1) is 0 Å². The minimum Gasteiger partial charge on any atom is -0.364 e. The summed E-state index contributed by atoms with van der Waals surface area (Å²) < 4.78 is 6.91. The van der Waals surface area contributed by atoms with Gasteiger partial charge in [0.05, 0.1) is 6.61 Å². The Morgan fingerprint density at radius 2 is 0.703 bits per heavy atom. The van der Waals surface area contributed by atoms with Crippen LogP contribution in [0.5, 0.6) is 0 Å². The number of benzene rings is 5. The standard InChI is InChI=1S/C36H28O/c1-6-16-27(17-7-1)26-37-36-34(30-22-12-4-13-23-30)32(28-18-8-2-9-19-28)33(29-20-10-3-11-21-29)35(36)31-24-14-5-15-25-31/h1-25,36H,26H2. The third-order valence-electron chi connectivity index (χ3n) is 6.87. The van der Waals surface area contributed by atoms with Crippen LogP contribution in [0.3, 0.4) is 0 Å². The number of ether oxygens (including phenoxy) is 1. The van der Waals surface area contributed by atoms with Gasteiger partial charge < -0.3 is 4.74 Å². The van der Waals surface area contributed by atoms with Gasteiger partial charge >= 0.3 is 0 Å². The van der Waals surface area contributed by atoms with Crippen LogP contribution >= 0.6 is 0 Å². The molecule has 5 aromatic carbocycles. The van der Waals surface area contributed by atoms with Crippen molar-refractivity contribution < 1.29 is 4.74 Å². The van der Waals surface area contributed by atoms with Crippen LogP contribution in [-0.4, -0.2) is 6.10 Å². The van der Waals surface area contributed by atoms with E-state index in [4.69, 9.17) is 4.74 Å². The highest BCUT2D eigenvalue weighted by molar-refractivity contribution is 6.29. The van der Waals surface area contributed by atoms with Crippen LogP contribution < -0.4 is 0 Å². The second kappa shape index (κ2) is 10.7. The van der Waals surface area contributed by atoms with E-state index < -0.39 is 0 Å². The van der Waals surface area contributed by atoms with E-state index in [0.29, 0.717) is 6.61 Å². The molecule has 0 spiro atoms.